The number of hydrogen-bond acceptors (Lipinski definition) is 11. The van der Waals surface area contributed by atoms with Gasteiger partial charge in [0, 0.05) is 74.4 Å². The summed E-state index contributed by atoms with van der Waals surface area (Å²) in [5, 5.41) is 61.0. The topological polar surface area (TPSA) is 321 Å². The highest BCUT2D eigenvalue weighted by molar-refractivity contribution is 5.78. The lowest BCUT2D eigenvalue weighted by atomic mass is 9.83. The number of amides is 2. The summed E-state index contributed by atoms with van der Waals surface area (Å²) in [5.41, 5.74) is -2.81. The monoisotopic (exact) mass is 765 g/mol. The molecule has 0 bridgehead atoms. The quantitative estimate of drug-likeness (QED) is 0.0588. The number of nitrogens with zero attached hydrogens (tertiary/aromatic N) is 5. The zero-order valence-electron chi connectivity index (χ0n) is 29.8. The van der Waals surface area contributed by atoms with Gasteiger partial charge in [0.2, 0.25) is 11.8 Å². The molecule has 0 saturated heterocycles. The second-order valence-corrected chi connectivity index (χ2v) is 13.1. The Morgan fingerprint density at radius 2 is 0.796 bits per heavy atom. The fourth-order valence-corrected chi connectivity index (χ4v) is 5.99. The van der Waals surface area contributed by atoms with E-state index in [0.717, 1.165) is 0 Å². The van der Waals surface area contributed by atoms with Crippen LogP contribution in [0, 0.1) is 0 Å². The van der Waals surface area contributed by atoms with Crippen LogP contribution in [0.1, 0.15) is 88.7 Å². The van der Waals surface area contributed by atoms with Crippen LogP contribution in [0.2, 0.25) is 0 Å². The summed E-state index contributed by atoms with van der Waals surface area (Å²) in [6.45, 7) is -0.297. The molecule has 0 aromatic carbocycles. The first kappa shape index (κ1) is 44.3. The molecule has 54 heavy (non-hydrogen) atoms. The molecule has 2 amide bonds. The minimum atomic E-state index is -1.41. The molecule has 0 radical (unpaired) electrons. The van der Waals surface area contributed by atoms with Gasteiger partial charge in [-0.1, -0.05) is 0 Å². The van der Waals surface area contributed by atoms with Crippen molar-refractivity contribution in [3.05, 3.63) is 36.4 Å². The molecule has 0 atom stereocenters. The van der Waals surface area contributed by atoms with E-state index in [1.807, 2.05) is 0 Å². The molecule has 0 fully saturated rings. The van der Waals surface area contributed by atoms with Crippen LogP contribution in [0.4, 0.5) is 0 Å². The van der Waals surface area contributed by atoms with Crippen LogP contribution in [0.3, 0.4) is 0 Å². The third-order valence-corrected chi connectivity index (χ3v) is 8.77. The number of aromatic nitrogens is 4. The molecule has 2 aromatic heterocycles. The summed E-state index contributed by atoms with van der Waals surface area (Å²) in [6, 6.07) is 0. The average Bonchev–Trinajstić information content (AvgIpc) is 3.70. The molecule has 2 rings (SSSR count). The maximum Gasteiger partial charge on any atom is 0.303 e. The maximum atomic E-state index is 13.3. The molecule has 21 heteroatoms. The Kier molecular flexibility index (Phi) is 17.2. The Morgan fingerprint density at radius 3 is 1.04 bits per heavy atom. The zero-order valence-corrected chi connectivity index (χ0v) is 29.8. The molecule has 2 aromatic rings. The number of carboxylic acids is 6. The van der Waals surface area contributed by atoms with Crippen molar-refractivity contribution in [3.63, 3.8) is 0 Å². The predicted octanol–water partition coefficient (Wildman–Crippen LogP) is 0.610. The van der Waals surface area contributed by atoms with Crippen LogP contribution in [0.25, 0.3) is 0 Å². The van der Waals surface area contributed by atoms with Crippen LogP contribution in [-0.4, -0.2) is 120 Å². The second-order valence-electron chi connectivity index (χ2n) is 13.1. The molecular formula is C33H47N7O14. The Labute approximate surface area is 309 Å². The number of carbonyl (C=O) groups excluding carboxylic acids is 2. The van der Waals surface area contributed by atoms with Crippen molar-refractivity contribution in [2.24, 2.45) is 0 Å². The first-order chi connectivity index (χ1) is 25.3. The lowest BCUT2D eigenvalue weighted by Gasteiger charge is -2.34. The summed E-state index contributed by atoms with van der Waals surface area (Å²) >= 11 is 0. The first-order valence-corrected chi connectivity index (χ1v) is 16.9. The number of carboxylic acid groups (broad SMARTS) is 6. The second kappa shape index (κ2) is 21.0. The summed E-state index contributed by atoms with van der Waals surface area (Å²) in [5.74, 6) is -7.60. The van der Waals surface area contributed by atoms with Crippen molar-refractivity contribution < 1.29 is 69.0 Å². The minimum absolute atomic E-state index is 0.157. The summed E-state index contributed by atoms with van der Waals surface area (Å²) in [6.07, 6.45) is 2.21. The van der Waals surface area contributed by atoms with E-state index in [-0.39, 0.29) is 64.7 Å². The van der Waals surface area contributed by atoms with E-state index < -0.39 is 97.2 Å². The number of hydrogen-bond donors (Lipinski definition) is 8. The summed E-state index contributed by atoms with van der Waals surface area (Å²) in [7, 11) is 1.71. The fourth-order valence-electron chi connectivity index (χ4n) is 5.99. The molecule has 0 spiro atoms. The molecule has 8 N–H and O–H groups in total. The van der Waals surface area contributed by atoms with Crippen LogP contribution in [0.5, 0.6) is 0 Å². The molecule has 0 saturated carbocycles. The molecule has 0 unspecified atom stereocenters. The number of aliphatic carboxylic acids is 6. The molecule has 21 nitrogen and oxygen atoms in total. The van der Waals surface area contributed by atoms with E-state index >= 15 is 0 Å². The number of nitrogens with one attached hydrogen (secondary N) is 2. The highest BCUT2D eigenvalue weighted by atomic mass is 16.4. The van der Waals surface area contributed by atoms with E-state index in [2.05, 4.69) is 20.6 Å². The maximum absolute atomic E-state index is 13.3. The van der Waals surface area contributed by atoms with Gasteiger partial charge < -0.3 is 50.4 Å². The molecule has 0 aliphatic heterocycles. The van der Waals surface area contributed by atoms with Crippen molar-refractivity contribution >= 4 is 47.6 Å². The van der Waals surface area contributed by atoms with Gasteiger partial charge in [-0.3, -0.25) is 43.3 Å². The average molecular weight is 766 g/mol. The highest BCUT2D eigenvalue weighted by Gasteiger charge is 2.35. The van der Waals surface area contributed by atoms with Crippen LogP contribution in [0.15, 0.2) is 24.8 Å². The van der Waals surface area contributed by atoms with Gasteiger partial charge in [-0.25, -0.2) is 9.97 Å². The Bertz CT molecular complexity index is 1440. The van der Waals surface area contributed by atoms with Crippen LogP contribution >= 0.6 is 0 Å². The summed E-state index contributed by atoms with van der Waals surface area (Å²) < 4.78 is 3.01. The van der Waals surface area contributed by atoms with E-state index in [4.69, 9.17) is 0 Å². The lowest BCUT2D eigenvalue weighted by molar-refractivity contribution is -0.141. The predicted molar refractivity (Wildman–Crippen MR) is 183 cm³/mol. The number of carbonyl (C=O) groups is 8. The molecule has 298 valence electrons. The third kappa shape index (κ3) is 16.2. The van der Waals surface area contributed by atoms with Crippen molar-refractivity contribution in [3.8, 4) is 0 Å². The van der Waals surface area contributed by atoms with E-state index in [1.54, 1.807) is 11.9 Å². The van der Waals surface area contributed by atoms with Crippen LogP contribution in [-0.2, 0) is 64.5 Å². The van der Waals surface area contributed by atoms with E-state index in [9.17, 15) is 69.0 Å². The third-order valence-electron chi connectivity index (χ3n) is 8.77. The lowest BCUT2D eigenvalue weighted by Crippen LogP contribution is -2.50. The van der Waals surface area contributed by atoms with Crippen molar-refractivity contribution in [1.29, 1.82) is 0 Å². The Morgan fingerprint density at radius 1 is 0.537 bits per heavy atom. The van der Waals surface area contributed by atoms with Gasteiger partial charge in [-0.15, -0.1) is 0 Å². The Hall–Kier alpha value is -5.86. The Balaban J connectivity index is 2.17. The summed E-state index contributed by atoms with van der Waals surface area (Å²) in [4.78, 5) is 105. The first-order valence-electron chi connectivity index (χ1n) is 16.9. The van der Waals surface area contributed by atoms with Crippen molar-refractivity contribution in [2.45, 2.75) is 114 Å². The number of imidazole rings is 2. The van der Waals surface area contributed by atoms with E-state index in [0.29, 0.717) is 11.6 Å². The molecule has 2 heterocycles. The smallest absolute Gasteiger partial charge is 0.303 e. The van der Waals surface area contributed by atoms with Crippen molar-refractivity contribution in [2.75, 3.05) is 7.05 Å². The number of rotatable bonds is 28. The molecular weight excluding hydrogens is 718 g/mol. The fraction of sp³-hybridized carbons (Fsp3) is 0.576. The molecule has 0 aliphatic rings. The zero-order chi connectivity index (χ0) is 40.5. The normalized spacial score (nSPS) is 11.6. The highest BCUT2D eigenvalue weighted by Crippen LogP contribution is 2.27. The van der Waals surface area contributed by atoms with Gasteiger partial charge in [-0.2, -0.15) is 0 Å². The minimum Gasteiger partial charge on any atom is -0.481 e. The van der Waals surface area contributed by atoms with Gasteiger partial charge in [0.25, 0.3) is 0 Å². The van der Waals surface area contributed by atoms with Crippen LogP contribution < -0.4 is 10.6 Å². The SMILES string of the molecule is CN(Cc1nccn1CC(=O)NC(CCC(=O)O)(CCC(=O)O)CCC(=O)O)Cc1nccn1CC(=O)NC(CCC(=O)O)(CCC(=O)O)CCC(=O)O. The molecule has 0 aliphatic carbocycles. The van der Waals surface area contributed by atoms with Gasteiger partial charge in [-0.05, 0) is 45.6 Å². The van der Waals surface area contributed by atoms with E-state index in [1.165, 1.54) is 33.9 Å². The van der Waals surface area contributed by atoms with Gasteiger partial charge in [0.15, 0.2) is 0 Å². The van der Waals surface area contributed by atoms with Gasteiger partial charge in [0.1, 0.15) is 24.7 Å². The largest absolute Gasteiger partial charge is 0.481 e. The van der Waals surface area contributed by atoms with Crippen molar-refractivity contribution in [1.82, 2.24) is 34.6 Å². The standard InChI is InChI=1S/C33H47N7O14/c1-38(18-22-34-14-16-39(22)20-24(41)36-32(8-2-26(43)44,9-3-27(45)46)10-4-28(47)48)19-23-35-15-17-40(23)21-25(42)37-33(11-5-29(49)50,12-6-30(51)52)13-7-31(53)54/h14-17H,2-13,18-21H2,1H3,(H,36,41)(H,37,42)(H,43,44)(H,45,46)(H,47,48)(H,49,50)(H,51,52)(H,53,54). The van der Waals surface area contributed by atoms with Gasteiger partial charge in [0.05, 0.1) is 13.1 Å². The van der Waals surface area contributed by atoms with Gasteiger partial charge >= 0.3 is 35.8 Å².